The first-order valence-corrected chi connectivity index (χ1v) is 6.98. The number of nitro groups is 1. The van der Waals surface area contributed by atoms with Gasteiger partial charge in [-0.05, 0) is 37.3 Å². The quantitative estimate of drug-likeness (QED) is 0.584. The summed E-state index contributed by atoms with van der Waals surface area (Å²) in [6.07, 6.45) is 2.27. The van der Waals surface area contributed by atoms with Gasteiger partial charge in [-0.25, -0.2) is 0 Å². The minimum absolute atomic E-state index is 0.0657. The van der Waals surface area contributed by atoms with Gasteiger partial charge in [-0.2, -0.15) is 0 Å². The Hall–Kier alpha value is -1.62. The molecule has 5 nitrogen and oxygen atoms in total. The maximum Gasteiger partial charge on any atom is 0.273 e. The van der Waals surface area contributed by atoms with Crippen molar-refractivity contribution in [3.05, 3.63) is 33.9 Å². The van der Waals surface area contributed by atoms with Crippen LogP contribution in [0.4, 0.5) is 5.69 Å². The van der Waals surface area contributed by atoms with Crippen LogP contribution in [-0.2, 0) is 6.54 Å². The molecule has 1 rings (SSSR count). The van der Waals surface area contributed by atoms with E-state index in [2.05, 4.69) is 26.1 Å². The topological polar surface area (TPSA) is 64.4 Å². The molecule has 0 aliphatic rings. The number of methoxy groups -OCH3 is 1. The molecule has 0 aliphatic carbocycles. The Morgan fingerprint density at radius 3 is 2.50 bits per heavy atom. The van der Waals surface area contributed by atoms with E-state index in [0.717, 1.165) is 12.0 Å². The molecule has 0 spiro atoms. The molecule has 1 aromatic rings. The molecule has 0 bridgehead atoms. The van der Waals surface area contributed by atoms with E-state index in [1.165, 1.54) is 19.6 Å². The van der Waals surface area contributed by atoms with Gasteiger partial charge in [0.05, 0.1) is 18.1 Å². The van der Waals surface area contributed by atoms with Gasteiger partial charge < -0.3 is 10.1 Å². The number of benzene rings is 1. The predicted octanol–water partition coefficient (Wildman–Crippen LogP) is 3.52. The molecule has 20 heavy (non-hydrogen) atoms. The molecule has 112 valence electrons. The minimum atomic E-state index is -0.395. The molecule has 0 radical (unpaired) electrons. The number of non-ortho nitro benzene ring substituents is 1. The van der Waals surface area contributed by atoms with E-state index in [-0.39, 0.29) is 5.69 Å². The summed E-state index contributed by atoms with van der Waals surface area (Å²) < 4.78 is 5.10. The third kappa shape index (κ3) is 5.57. The minimum Gasteiger partial charge on any atom is -0.496 e. The lowest BCUT2D eigenvalue weighted by Crippen LogP contribution is -2.25. The lowest BCUT2D eigenvalue weighted by molar-refractivity contribution is -0.385. The average Bonchev–Trinajstić information content (AvgIpc) is 2.42. The Morgan fingerprint density at radius 1 is 1.25 bits per heavy atom. The fraction of sp³-hybridized carbons (Fsp3) is 0.600. The second-order valence-electron chi connectivity index (χ2n) is 5.55. The summed E-state index contributed by atoms with van der Waals surface area (Å²) in [7, 11) is 1.52. The summed E-state index contributed by atoms with van der Waals surface area (Å²) >= 11 is 0. The second-order valence-corrected chi connectivity index (χ2v) is 5.55. The highest BCUT2D eigenvalue weighted by Gasteiger charge is 2.11. The number of rotatable bonds is 8. The van der Waals surface area contributed by atoms with Crippen LogP contribution in [0.2, 0.25) is 0 Å². The third-order valence-corrected chi connectivity index (χ3v) is 3.23. The molecular formula is C15H24N2O3. The van der Waals surface area contributed by atoms with Crippen molar-refractivity contribution in [3.8, 4) is 5.75 Å². The van der Waals surface area contributed by atoms with E-state index in [0.29, 0.717) is 24.3 Å². The summed E-state index contributed by atoms with van der Waals surface area (Å²) in [6.45, 7) is 7.16. The van der Waals surface area contributed by atoms with Gasteiger partial charge in [0.2, 0.25) is 0 Å². The van der Waals surface area contributed by atoms with Gasteiger partial charge in [-0.1, -0.05) is 13.8 Å². The van der Waals surface area contributed by atoms with Crippen molar-refractivity contribution in [1.82, 2.24) is 5.32 Å². The Bertz CT molecular complexity index is 447. The van der Waals surface area contributed by atoms with Crippen molar-refractivity contribution >= 4 is 5.69 Å². The van der Waals surface area contributed by atoms with Gasteiger partial charge >= 0.3 is 0 Å². The SMILES string of the molecule is COc1cc(CNC(C)CCC(C)C)cc([N+](=O)[O-])c1. The van der Waals surface area contributed by atoms with E-state index < -0.39 is 4.92 Å². The van der Waals surface area contributed by atoms with Crippen molar-refractivity contribution in [2.75, 3.05) is 7.11 Å². The van der Waals surface area contributed by atoms with Crippen LogP contribution in [0.5, 0.6) is 5.75 Å². The van der Waals surface area contributed by atoms with Gasteiger partial charge in [0.1, 0.15) is 5.75 Å². The molecule has 0 aliphatic heterocycles. The first-order chi connectivity index (χ1) is 9.42. The van der Waals surface area contributed by atoms with Crippen LogP contribution in [0.25, 0.3) is 0 Å². The first-order valence-electron chi connectivity index (χ1n) is 6.98. The largest absolute Gasteiger partial charge is 0.496 e. The normalized spacial score (nSPS) is 12.4. The van der Waals surface area contributed by atoms with Crippen LogP contribution < -0.4 is 10.1 Å². The molecule has 1 unspecified atom stereocenters. The summed E-state index contributed by atoms with van der Waals surface area (Å²) in [5, 5.41) is 14.3. The molecule has 1 N–H and O–H groups in total. The fourth-order valence-corrected chi connectivity index (χ4v) is 1.95. The summed E-state index contributed by atoms with van der Waals surface area (Å²) in [4.78, 5) is 10.5. The number of hydrogen-bond donors (Lipinski definition) is 1. The fourth-order valence-electron chi connectivity index (χ4n) is 1.95. The number of nitrogens with one attached hydrogen (secondary N) is 1. The number of hydrogen-bond acceptors (Lipinski definition) is 4. The van der Waals surface area contributed by atoms with Crippen molar-refractivity contribution in [1.29, 1.82) is 0 Å². The standard InChI is InChI=1S/C15H24N2O3/c1-11(2)5-6-12(3)16-10-13-7-14(17(18)19)9-15(8-13)20-4/h7-9,11-12,16H,5-6,10H2,1-4H3. The summed E-state index contributed by atoms with van der Waals surface area (Å²) in [6, 6.07) is 5.24. The van der Waals surface area contributed by atoms with Crippen LogP contribution >= 0.6 is 0 Å². The third-order valence-electron chi connectivity index (χ3n) is 3.23. The van der Waals surface area contributed by atoms with Crippen molar-refractivity contribution < 1.29 is 9.66 Å². The van der Waals surface area contributed by atoms with Crippen molar-refractivity contribution in [2.45, 2.75) is 46.2 Å². The predicted molar refractivity (Wildman–Crippen MR) is 80.0 cm³/mol. The van der Waals surface area contributed by atoms with Gasteiger partial charge in [0.25, 0.3) is 5.69 Å². The molecule has 0 aromatic heterocycles. The van der Waals surface area contributed by atoms with Crippen LogP contribution in [-0.4, -0.2) is 18.1 Å². The number of nitro benzene ring substituents is 1. The zero-order valence-electron chi connectivity index (χ0n) is 12.7. The highest BCUT2D eigenvalue weighted by Crippen LogP contribution is 2.22. The van der Waals surface area contributed by atoms with Crippen LogP contribution in [0, 0.1) is 16.0 Å². The summed E-state index contributed by atoms with van der Waals surface area (Å²) in [5.41, 5.74) is 0.934. The van der Waals surface area contributed by atoms with E-state index in [1.807, 2.05) is 6.07 Å². The van der Waals surface area contributed by atoms with E-state index in [9.17, 15) is 10.1 Å². The van der Waals surface area contributed by atoms with Gasteiger partial charge in [-0.3, -0.25) is 10.1 Å². The van der Waals surface area contributed by atoms with Gasteiger partial charge in [-0.15, -0.1) is 0 Å². The molecule has 1 atom stereocenters. The molecule has 0 saturated carbocycles. The lowest BCUT2D eigenvalue weighted by Gasteiger charge is -2.15. The molecule has 0 saturated heterocycles. The van der Waals surface area contributed by atoms with Gasteiger partial charge in [0, 0.05) is 18.7 Å². The van der Waals surface area contributed by atoms with E-state index in [1.54, 1.807) is 6.07 Å². The average molecular weight is 280 g/mol. The smallest absolute Gasteiger partial charge is 0.273 e. The maximum absolute atomic E-state index is 10.9. The Labute approximate surface area is 120 Å². The molecule has 0 fully saturated rings. The van der Waals surface area contributed by atoms with Crippen LogP contribution in [0.1, 0.15) is 39.2 Å². The first kappa shape index (κ1) is 16.4. The highest BCUT2D eigenvalue weighted by atomic mass is 16.6. The Kier molecular flexibility index (Phi) is 6.45. The highest BCUT2D eigenvalue weighted by molar-refractivity contribution is 5.42. The molecule has 5 heteroatoms. The molecular weight excluding hydrogens is 256 g/mol. The summed E-state index contributed by atoms with van der Waals surface area (Å²) in [5.74, 6) is 1.21. The lowest BCUT2D eigenvalue weighted by atomic mass is 10.0. The number of nitrogens with zero attached hydrogens (tertiary/aromatic N) is 1. The molecule has 1 aromatic carbocycles. The molecule has 0 amide bonds. The zero-order chi connectivity index (χ0) is 15.1. The van der Waals surface area contributed by atoms with Crippen LogP contribution in [0.15, 0.2) is 18.2 Å². The maximum atomic E-state index is 10.9. The second kappa shape index (κ2) is 7.85. The molecule has 0 heterocycles. The number of ether oxygens (including phenoxy) is 1. The van der Waals surface area contributed by atoms with Crippen molar-refractivity contribution in [3.63, 3.8) is 0 Å². The zero-order valence-corrected chi connectivity index (χ0v) is 12.7. The van der Waals surface area contributed by atoms with Gasteiger partial charge in [0.15, 0.2) is 0 Å². The van der Waals surface area contributed by atoms with E-state index >= 15 is 0 Å². The monoisotopic (exact) mass is 280 g/mol. The van der Waals surface area contributed by atoms with E-state index in [4.69, 9.17) is 4.74 Å². The van der Waals surface area contributed by atoms with Crippen molar-refractivity contribution in [2.24, 2.45) is 5.92 Å². The Morgan fingerprint density at radius 2 is 1.95 bits per heavy atom. The van der Waals surface area contributed by atoms with Crippen LogP contribution in [0.3, 0.4) is 0 Å². The Balaban J connectivity index is 2.62.